The molecule has 32 heavy (non-hydrogen) atoms. The summed E-state index contributed by atoms with van der Waals surface area (Å²) >= 11 is 0. The number of hydrogen-bond acceptors (Lipinski definition) is 7. The number of nitro benzene ring substituents is 1. The minimum Gasteiger partial charge on any atom is -0.497 e. The fourth-order valence-corrected chi connectivity index (χ4v) is 4.24. The number of hydrogen-bond donors (Lipinski definition) is 1. The van der Waals surface area contributed by atoms with E-state index in [0.29, 0.717) is 12.2 Å². The first-order chi connectivity index (χ1) is 15.2. The van der Waals surface area contributed by atoms with Crippen LogP contribution in [0.25, 0.3) is 0 Å². The lowest BCUT2D eigenvalue weighted by Crippen LogP contribution is -2.38. The predicted molar refractivity (Wildman–Crippen MR) is 116 cm³/mol. The first-order valence-corrected chi connectivity index (χ1v) is 10.2. The topological polar surface area (TPSA) is 103 Å². The molecule has 1 amide bonds. The molecule has 2 heterocycles. The van der Waals surface area contributed by atoms with E-state index in [9.17, 15) is 14.9 Å². The molecule has 0 bridgehead atoms. The normalized spacial score (nSPS) is 21.0. The standard InChI is InChI=1S/C23H25N3O6/c1-23(2)12-17-18(13-32-23)24-25(21(17)14-5-8-16(30-3)9-6-14)22(27)15-7-10-20(31-4)19(11-15)26(28)29/h5-11,13,17,21,24H,12H2,1-4H3/t17-,21-/m1/s1. The summed E-state index contributed by atoms with van der Waals surface area (Å²) in [5, 5.41) is 13.0. The van der Waals surface area contributed by atoms with E-state index in [-0.39, 0.29) is 34.9 Å². The van der Waals surface area contributed by atoms with Gasteiger partial charge in [-0.15, -0.1) is 0 Å². The number of nitro groups is 1. The number of nitrogens with zero attached hydrogens (tertiary/aromatic N) is 2. The maximum absolute atomic E-state index is 13.5. The molecule has 1 N–H and O–H groups in total. The molecule has 4 rings (SSSR count). The molecule has 0 unspecified atom stereocenters. The van der Waals surface area contributed by atoms with Crippen LogP contribution >= 0.6 is 0 Å². The summed E-state index contributed by atoms with van der Waals surface area (Å²) in [5.41, 5.74) is 4.41. The molecule has 0 saturated carbocycles. The molecule has 0 spiro atoms. The van der Waals surface area contributed by atoms with Gasteiger partial charge in [0.25, 0.3) is 5.91 Å². The summed E-state index contributed by atoms with van der Waals surface area (Å²) in [7, 11) is 2.95. The molecule has 1 saturated heterocycles. The maximum Gasteiger partial charge on any atom is 0.311 e. The van der Waals surface area contributed by atoms with Crippen LogP contribution in [0.3, 0.4) is 0 Å². The summed E-state index contributed by atoms with van der Waals surface area (Å²) in [6.07, 6.45) is 2.35. The fraction of sp³-hybridized carbons (Fsp3) is 0.348. The minimum absolute atomic E-state index is 0.0238. The third-order valence-corrected chi connectivity index (χ3v) is 5.82. The van der Waals surface area contributed by atoms with Gasteiger partial charge in [-0.3, -0.25) is 20.3 Å². The number of ether oxygens (including phenoxy) is 3. The highest BCUT2D eigenvalue weighted by Gasteiger charge is 2.47. The Labute approximate surface area is 185 Å². The lowest BCUT2D eigenvalue weighted by atomic mass is 9.82. The van der Waals surface area contributed by atoms with Crippen LogP contribution < -0.4 is 14.9 Å². The van der Waals surface area contributed by atoms with Gasteiger partial charge in [-0.1, -0.05) is 12.1 Å². The molecule has 9 nitrogen and oxygen atoms in total. The van der Waals surface area contributed by atoms with Crippen molar-refractivity contribution in [2.24, 2.45) is 5.92 Å². The van der Waals surface area contributed by atoms with Crippen molar-refractivity contribution in [3.63, 3.8) is 0 Å². The third-order valence-electron chi connectivity index (χ3n) is 5.82. The van der Waals surface area contributed by atoms with Crippen LogP contribution in [0, 0.1) is 16.0 Å². The van der Waals surface area contributed by atoms with Crippen LogP contribution in [0.4, 0.5) is 5.69 Å². The van der Waals surface area contributed by atoms with Crippen molar-refractivity contribution in [1.29, 1.82) is 0 Å². The van der Waals surface area contributed by atoms with E-state index in [2.05, 4.69) is 5.43 Å². The molecule has 2 aliphatic heterocycles. The Morgan fingerprint density at radius 2 is 1.91 bits per heavy atom. The second-order valence-electron chi connectivity index (χ2n) is 8.41. The third kappa shape index (κ3) is 3.81. The number of amides is 1. The van der Waals surface area contributed by atoms with Crippen LogP contribution in [-0.2, 0) is 4.74 Å². The average Bonchev–Trinajstić information content (AvgIpc) is 3.15. The first kappa shape index (κ1) is 21.5. The summed E-state index contributed by atoms with van der Waals surface area (Å²) in [6, 6.07) is 11.4. The summed E-state index contributed by atoms with van der Waals surface area (Å²) in [6.45, 7) is 4.01. The predicted octanol–water partition coefficient (Wildman–Crippen LogP) is 3.97. The van der Waals surface area contributed by atoms with Crippen molar-refractivity contribution in [2.45, 2.75) is 31.9 Å². The van der Waals surface area contributed by atoms with Crippen molar-refractivity contribution < 1.29 is 23.9 Å². The van der Waals surface area contributed by atoms with Crippen molar-refractivity contribution in [1.82, 2.24) is 10.4 Å². The number of fused-ring (bicyclic) bond motifs is 1. The Morgan fingerprint density at radius 1 is 1.19 bits per heavy atom. The van der Waals surface area contributed by atoms with Crippen LogP contribution in [-0.4, -0.2) is 35.7 Å². The lowest BCUT2D eigenvalue weighted by molar-refractivity contribution is -0.385. The zero-order chi connectivity index (χ0) is 23.0. The molecule has 2 atom stereocenters. The van der Waals surface area contributed by atoms with Gasteiger partial charge in [-0.05, 0) is 50.1 Å². The van der Waals surface area contributed by atoms with Gasteiger partial charge in [0.15, 0.2) is 5.75 Å². The summed E-state index contributed by atoms with van der Waals surface area (Å²) < 4.78 is 16.2. The molecule has 2 aromatic rings. The Kier molecular flexibility index (Phi) is 5.41. The lowest BCUT2D eigenvalue weighted by Gasteiger charge is -2.34. The molecule has 0 aromatic heterocycles. The van der Waals surface area contributed by atoms with Crippen molar-refractivity contribution >= 4 is 11.6 Å². The molecule has 0 radical (unpaired) electrons. The maximum atomic E-state index is 13.5. The Balaban J connectivity index is 1.75. The van der Waals surface area contributed by atoms with Crippen molar-refractivity contribution in [3.05, 3.63) is 75.7 Å². The largest absolute Gasteiger partial charge is 0.497 e. The monoisotopic (exact) mass is 439 g/mol. The molecule has 0 aliphatic carbocycles. The van der Waals surface area contributed by atoms with E-state index in [4.69, 9.17) is 14.2 Å². The SMILES string of the molecule is COc1ccc([C@@H]2[C@@H]3CC(C)(C)OC=C3NN2C(=O)c2ccc(OC)c([N+](=O)[O-])c2)cc1. The number of carbonyl (C=O) groups is 1. The molecule has 2 aromatic carbocycles. The molecule has 168 valence electrons. The van der Waals surface area contributed by atoms with Gasteiger partial charge in [-0.25, -0.2) is 5.01 Å². The fourth-order valence-electron chi connectivity index (χ4n) is 4.24. The highest BCUT2D eigenvalue weighted by Crippen LogP contribution is 2.46. The van der Waals surface area contributed by atoms with Gasteiger partial charge in [0.2, 0.25) is 0 Å². The minimum atomic E-state index is -0.563. The molecular formula is C23H25N3O6. The van der Waals surface area contributed by atoms with Gasteiger partial charge >= 0.3 is 5.69 Å². The second kappa shape index (κ2) is 8.07. The van der Waals surface area contributed by atoms with Crippen molar-refractivity contribution in [2.75, 3.05) is 14.2 Å². The van der Waals surface area contributed by atoms with Gasteiger partial charge in [0.1, 0.15) is 17.6 Å². The molecule has 1 fully saturated rings. The van der Waals surface area contributed by atoms with Gasteiger partial charge in [-0.2, -0.15) is 0 Å². The Bertz CT molecular complexity index is 1080. The average molecular weight is 439 g/mol. The number of benzene rings is 2. The van der Waals surface area contributed by atoms with E-state index >= 15 is 0 Å². The smallest absolute Gasteiger partial charge is 0.311 e. The summed E-state index contributed by atoms with van der Waals surface area (Å²) in [4.78, 5) is 24.4. The number of carbonyl (C=O) groups excluding carboxylic acids is 1. The van der Waals surface area contributed by atoms with Crippen LogP contribution in [0.5, 0.6) is 11.5 Å². The van der Waals surface area contributed by atoms with Crippen molar-refractivity contribution in [3.8, 4) is 11.5 Å². The number of methoxy groups -OCH3 is 2. The Morgan fingerprint density at radius 3 is 2.53 bits per heavy atom. The van der Waals surface area contributed by atoms with Gasteiger partial charge in [0.05, 0.1) is 30.9 Å². The van der Waals surface area contributed by atoms with Crippen LogP contribution in [0.1, 0.15) is 42.2 Å². The van der Waals surface area contributed by atoms with E-state index in [1.54, 1.807) is 13.4 Å². The number of hydrazine groups is 1. The molecule has 9 heteroatoms. The van der Waals surface area contributed by atoms with Crippen LogP contribution in [0.15, 0.2) is 54.4 Å². The first-order valence-electron chi connectivity index (χ1n) is 10.2. The molecule has 2 aliphatic rings. The summed E-state index contributed by atoms with van der Waals surface area (Å²) in [5.74, 6) is 0.402. The number of rotatable bonds is 5. The second-order valence-corrected chi connectivity index (χ2v) is 8.41. The van der Waals surface area contributed by atoms with Gasteiger partial charge in [0, 0.05) is 17.5 Å². The zero-order valence-electron chi connectivity index (χ0n) is 18.3. The highest BCUT2D eigenvalue weighted by atomic mass is 16.6. The Hall–Kier alpha value is -3.75. The van der Waals surface area contributed by atoms with E-state index in [1.807, 2.05) is 38.1 Å². The van der Waals surface area contributed by atoms with E-state index in [0.717, 1.165) is 11.3 Å². The molecular weight excluding hydrogens is 414 g/mol. The quantitative estimate of drug-likeness (QED) is 0.555. The zero-order valence-corrected chi connectivity index (χ0v) is 18.3. The van der Waals surface area contributed by atoms with Gasteiger partial charge < -0.3 is 14.2 Å². The van der Waals surface area contributed by atoms with E-state index in [1.165, 1.54) is 30.3 Å². The van der Waals surface area contributed by atoms with E-state index < -0.39 is 10.5 Å². The van der Waals surface area contributed by atoms with Crippen LogP contribution in [0.2, 0.25) is 0 Å². The highest BCUT2D eigenvalue weighted by molar-refractivity contribution is 5.95. The number of nitrogens with one attached hydrogen (secondary N) is 1.